The Morgan fingerprint density at radius 3 is 2.41 bits per heavy atom. The third-order valence-electron chi connectivity index (χ3n) is 5.69. The fraction of sp³-hybridized carbons (Fsp3) is 0.120. The normalized spacial score (nSPS) is 18.1. The number of halogens is 2. The number of carbonyl (C=O) groups is 1. The number of hydrazone groups is 1. The van der Waals surface area contributed by atoms with Crippen molar-refractivity contribution in [1.82, 2.24) is 15.7 Å². The summed E-state index contributed by atoms with van der Waals surface area (Å²) < 4.78 is 0. The summed E-state index contributed by atoms with van der Waals surface area (Å²) in [7, 11) is 0. The molecule has 7 heteroatoms. The molecule has 0 unspecified atom stereocenters. The molecular weight excluding hydrogens is 443 g/mol. The monoisotopic (exact) mass is 462 g/mol. The molecule has 160 valence electrons. The predicted octanol–water partition coefficient (Wildman–Crippen LogP) is 5.23. The van der Waals surface area contributed by atoms with E-state index in [0.29, 0.717) is 16.5 Å². The van der Waals surface area contributed by atoms with Crippen molar-refractivity contribution in [2.45, 2.75) is 18.5 Å². The van der Waals surface area contributed by atoms with Crippen LogP contribution < -0.4 is 10.7 Å². The van der Waals surface area contributed by atoms with Gasteiger partial charge in [0.05, 0.1) is 18.3 Å². The van der Waals surface area contributed by atoms with Crippen LogP contribution in [0.3, 0.4) is 0 Å². The van der Waals surface area contributed by atoms with E-state index in [0.717, 1.165) is 33.3 Å². The highest BCUT2D eigenvalue weighted by Gasteiger charge is 2.33. The Bertz CT molecular complexity index is 1300. The van der Waals surface area contributed by atoms with Gasteiger partial charge in [-0.15, -0.1) is 0 Å². The molecule has 0 aliphatic carbocycles. The van der Waals surface area contributed by atoms with E-state index in [9.17, 15) is 4.79 Å². The zero-order valence-electron chi connectivity index (χ0n) is 17.0. The first kappa shape index (κ1) is 20.8. The van der Waals surface area contributed by atoms with E-state index in [1.54, 1.807) is 18.3 Å². The summed E-state index contributed by atoms with van der Waals surface area (Å²) >= 11 is 12.0. The van der Waals surface area contributed by atoms with Crippen molar-refractivity contribution < 1.29 is 4.79 Å². The van der Waals surface area contributed by atoms with E-state index in [-0.39, 0.29) is 11.9 Å². The molecule has 5 rings (SSSR count). The van der Waals surface area contributed by atoms with Crippen LogP contribution >= 0.6 is 23.2 Å². The number of rotatable bonds is 4. The molecule has 3 aromatic carbocycles. The van der Waals surface area contributed by atoms with Gasteiger partial charge >= 0.3 is 0 Å². The van der Waals surface area contributed by atoms with Gasteiger partial charge in [0, 0.05) is 26.6 Å². The molecule has 4 aromatic rings. The van der Waals surface area contributed by atoms with Crippen LogP contribution in [0.4, 0.5) is 0 Å². The summed E-state index contributed by atoms with van der Waals surface area (Å²) in [6.45, 7) is 0. The molecule has 1 amide bonds. The van der Waals surface area contributed by atoms with Crippen LogP contribution in [0.1, 0.15) is 28.4 Å². The Morgan fingerprint density at radius 1 is 0.969 bits per heavy atom. The highest BCUT2D eigenvalue weighted by Crippen LogP contribution is 2.35. The van der Waals surface area contributed by atoms with Gasteiger partial charge in [0.1, 0.15) is 0 Å². The van der Waals surface area contributed by atoms with Crippen LogP contribution in [0.25, 0.3) is 10.9 Å². The van der Waals surface area contributed by atoms with Crippen molar-refractivity contribution in [3.8, 4) is 0 Å². The second-order valence-electron chi connectivity index (χ2n) is 7.76. The lowest BCUT2D eigenvalue weighted by molar-refractivity contribution is -0.123. The topological polar surface area (TPSA) is 69.3 Å². The van der Waals surface area contributed by atoms with Gasteiger partial charge in [0.2, 0.25) is 0 Å². The lowest BCUT2D eigenvalue weighted by Gasteiger charge is -2.30. The molecule has 1 aliphatic heterocycles. The molecule has 5 nitrogen and oxygen atoms in total. The van der Waals surface area contributed by atoms with Crippen LogP contribution in [0.5, 0.6) is 0 Å². The first-order valence-electron chi connectivity index (χ1n) is 10.3. The Kier molecular flexibility index (Phi) is 5.70. The van der Waals surface area contributed by atoms with Gasteiger partial charge in [0.15, 0.2) is 0 Å². The Labute approximate surface area is 195 Å². The average molecular weight is 463 g/mol. The zero-order valence-corrected chi connectivity index (χ0v) is 18.5. The van der Waals surface area contributed by atoms with Crippen molar-refractivity contribution >= 4 is 46.2 Å². The molecule has 2 atom stereocenters. The molecule has 0 spiro atoms. The molecule has 1 aliphatic rings. The van der Waals surface area contributed by atoms with Crippen LogP contribution in [-0.4, -0.2) is 23.1 Å². The quantitative estimate of drug-likeness (QED) is 0.287. The summed E-state index contributed by atoms with van der Waals surface area (Å²) in [5.74, 6) is -0.190. The largest absolute Gasteiger partial charge is 0.357 e. The van der Waals surface area contributed by atoms with Gasteiger partial charge in [-0.1, -0.05) is 65.7 Å². The van der Waals surface area contributed by atoms with Crippen molar-refractivity contribution in [3.63, 3.8) is 0 Å². The Hall–Kier alpha value is -3.12. The number of nitrogens with zero attached hydrogens (tertiary/aromatic N) is 1. The number of fused-ring (bicyclic) bond motifs is 3. The van der Waals surface area contributed by atoms with Crippen molar-refractivity contribution in [2.75, 3.05) is 0 Å². The number of hydrogen-bond donors (Lipinski definition) is 3. The van der Waals surface area contributed by atoms with Gasteiger partial charge in [-0.05, 0) is 53.4 Å². The number of carbonyl (C=O) groups excluding carboxylic acids is 1. The maximum absolute atomic E-state index is 13.0. The summed E-state index contributed by atoms with van der Waals surface area (Å²) in [5, 5.41) is 10.1. The predicted molar refractivity (Wildman–Crippen MR) is 129 cm³/mol. The molecule has 0 radical (unpaired) electrons. The van der Waals surface area contributed by atoms with Crippen molar-refractivity contribution in [1.29, 1.82) is 0 Å². The third-order valence-corrected chi connectivity index (χ3v) is 6.19. The fourth-order valence-corrected chi connectivity index (χ4v) is 4.37. The minimum absolute atomic E-state index is 0.167. The summed E-state index contributed by atoms with van der Waals surface area (Å²) in [6, 6.07) is 22.5. The van der Waals surface area contributed by atoms with E-state index >= 15 is 0 Å². The van der Waals surface area contributed by atoms with Crippen molar-refractivity contribution in [2.24, 2.45) is 5.10 Å². The molecule has 0 fully saturated rings. The first-order chi connectivity index (χ1) is 15.6. The maximum Gasteiger partial charge on any atom is 0.257 e. The SMILES string of the molecule is O=C(N/N=C/c1ccc(Cl)cc1)[C@@H]1Cc2c([nH]c3ccccc23)[C@H](c2ccc(Cl)cc2)N1. The van der Waals surface area contributed by atoms with Gasteiger partial charge in [-0.2, -0.15) is 5.10 Å². The average Bonchev–Trinajstić information content (AvgIpc) is 3.19. The first-order valence-corrected chi connectivity index (χ1v) is 11.0. The highest BCUT2D eigenvalue weighted by atomic mass is 35.5. The van der Waals surface area contributed by atoms with Crippen LogP contribution in [0.15, 0.2) is 77.9 Å². The van der Waals surface area contributed by atoms with Gasteiger partial charge in [-0.3, -0.25) is 10.1 Å². The Balaban J connectivity index is 1.43. The third kappa shape index (κ3) is 4.15. The molecule has 0 saturated carbocycles. The minimum atomic E-state index is -0.440. The van der Waals surface area contributed by atoms with Gasteiger partial charge in [-0.25, -0.2) is 5.43 Å². The number of aromatic amines is 1. The van der Waals surface area contributed by atoms with Gasteiger partial charge in [0.25, 0.3) is 5.91 Å². The summed E-state index contributed by atoms with van der Waals surface area (Å²) in [6.07, 6.45) is 2.16. The molecule has 3 N–H and O–H groups in total. The number of benzene rings is 3. The second-order valence-corrected chi connectivity index (χ2v) is 8.63. The van der Waals surface area contributed by atoms with Crippen LogP contribution in [0, 0.1) is 0 Å². The van der Waals surface area contributed by atoms with E-state index in [1.807, 2.05) is 48.5 Å². The lowest BCUT2D eigenvalue weighted by atomic mass is 9.90. The fourth-order valence-electron chi connectivity index (χ4n) is 4.12. The van der Waals surface area contributed by atoms with Crippen LogP contribution in [-0.2, 0) is 11.2 Å². The molecular formula is C25H20Cl2N4O. The number of nitrogens with one attached hydrogen (secondary N) is 3. The molecule has 0 saturated heterocycles. The van der Waals surface area contributed by atoms with Crippen molar-refractivity contribution in [3.05, 3.63) is 105 Å². The number of aromatic nitrogens is 1. The van der Waals surface area contributed by atoms with E-state index in [2.05, 4.69) is 33.0 Å². The highest BCUT2D eigenvalue weighted by molar-refractivity contribution is 6.30. The second kappa shape index (κ2) is 8.79. The number of hydrogen-bond acceptors (Lipinski definition) is 3. The van der Waals surface area contributed by atoms with E-state index in [1.165, 1.54) is 0 Å². The molecule has 32 heavy (non-hydrogen) atoms. The van der Waals surface area contributed by atoms with E-state index in [4.69, 9.17) is 23.2 Å². The molecule has 1 aromatic heterocycles. The maximum atomic E-state index is 13.0. The zero-order chi connectivity index (χ0) is 22.1. The summed E-state index contributed by atoms with van der Waals surface area (Å²) in [5.41, 5.74) is 7.82. The molecule has 0 bridgehead atoms. The van der Waals surface area contributed by atoms with Crippen LogP contribution in [0.2, 0.25) is 10.0 Å². The van der Waals surface area contributed by atoms with Gasteiger partial charge < -0.3 is 4.98 Å². The molecule has 2 heterocycles. The number of H-pyrrole nitrogens is 1. The number of amides is 1. The van der Waals surface area contributed by atoms with E-state index < -0.39 is 6.04 Å². The lowest BCUT2D eigenvalue weighted by Crippen LogP contribution is -2.48. The summed E-state index contributed by atoms with van der Waals surface area (Å²) in [4.78, 5) is 16.5. The Morgan fingerprint density at radius 2 is 1.66 bits per heavy atom. The smallest absolute Gasteiger partial charge is 0.257 e. The number of para-hydroxylation sites is 1. The minimum Gasteiger partial charge on any atom is -0.357 e. The standard InChI is InChI=1S/C25H20Cl2N4O/c26-17-9-5-15(6-10-17)14-28-31-25(32)22-13-20-19-3-1-2-4-21(19)29-24(20)23(30-22)16-7-11-18(27)12-8-16/h1-12,14,22-23,29-30H,13H2,(H,31,32)/b28-14+/t22-,23-/m0/s1.